The zero-order valence-electron chi connectivity index (χ0n) is 19.8. The van der Waals surface area contributed by atoms with Crippen LogP contribution in [0.25, 0.3) is 11.1 Å². The molecule has 1 saturated carbocycles. The quantitative estimate of drug-likeness (QED) is 0.513. The maximum Gasteiger partial charge on any atom is 0.407 e. The summed E-state index contributed by atoms with van der Waals surface area (Å²) in [6.07, 6.45) is 1.21. The fraction of sp³-hybridized carbons (Fsp3) is 0.444. The van der Waals surface area contributed by atoms with Gasteiger partial charge in [0.1, 0.15) is 18.2 Å². The van der Waals surface area contributed by atoms with Gasteiger partial charge in [0.05, 0.1) is 0 Å². The van der Waals surface area contributed by atoms with Crippen LogP contribution in [0.1, 0.15) is 57.1 Å². The van der Waals surface area contributed by atoms with Gasteiger partial charge in [-0.05, 0) is 60.3 Å². The van der Waals surface area contributed by atoms with Crippen molar-refractivity contribution < 1.29 is 24.2 Å². The van der Waals surface area contributed by atoms with Crippen LogP contribution < -0.4 is 10.6 Å². The molecule has 3 N–H and O–H groups in total. The number of benzene rings is 2. The Morgan fingerprint density at radius 3 is 2.09 bits per heavy atom. The van der Waals surface area contributed by atoms with E-state index in [4.69, 9.17) is 4.74 Å². The molecule has 0 heterocycles. The molecule has 180 valence electrons. The normalized spacial score (nSPS) is 17.3. The van der Waals surface area contributed by atoms with Gasteiger partial charge in [-0.2, -0.15) is 0 Å². The van der Waals surface area contributed by atoms with Crippen molar-refractivity contribution in [3.8, 4) is 11.1 Å². The third kappa shape index (κ3) is 4.79. The Labute approximate surface area is 199 Å². The minimum atomic E-state index is -1.34. The molecule has 34 heavy (non-hydrogen) atoms. The average Bonchev–Trinajstić information content (AvgIpc) is 3.60. The molecule has 0 radical (unpaired) electrons. The van der Waals surface area contributed by atoms with E-state index >= 15 is 0 Å². The molecule has 2 atom stereocenters. The lowest BCUT2D eigenvalue weighted by atomic mass is 9.94. The van der Waals surface area contributed by atoms with Crippen LogP contribution in [0.2, 0.25) is 0 Å². The van der Waals surface area contributed by atoms with E-state index in [0.29, 0.717) is 6.42 Å². The first-order chi connectivity index (χ1) is 16.2. The van der Waals surface area contributed by atoms with Gasteiger partial charge in [0.2, 0.25) is 5.91 Å². The second kappa shape index (κ2) is 9.49. The third-order valence-electron chi connectivity index (χ3n) is 6.88. The molecule has 7 heteroatoms. The summed E-state index contributed by atoms with van der Waals surface area (Å²) in [6, 6.07) is 15.3. The molecule has 0 aromatic heterocycles. The SMILES string of the molecule is CC(C)C[C@@H](NC(=O)OCC1c2ccccc2-c2ccccc21)C(=O)NC(C)(C(=O)O)C1CC1. The summed E-state index contributed by atoms with van der Waals surface area (Å²) in [5.41, 5.74) is 3.15. The van der Waals surface area contributed by atoms with Crippen LogP contribution in [0.4, 0.5) is 4.79 Å². The number of carboxylic acid groups (broad SMARTS) is 1. The van der Waals surface area contributed by atoms with Gasteiger partial charge in [-0.3, -0.25) is 4.79 Å². The van der Waals surface area contributed by atoms with E-state index in [0.717, 1.165) is 35.1 Å². The number of aliphatic carboxylic acids is 1. The number of carbonyl (C=O) groups is 3. The number of carboxylic acids is 1. The number of alkyl carbamates (subject to hydrolysis) is 1. The zero-order valence-corrected chi connectivity index (χ0v) is 19.8. The van der Waals surface area contributed by atoms with Gasteiger partial charge in [0.15, 0.2) is 0 Å². The van der Waals surface area contributed by atoms with Gasteiger partial charge < -0.3 is 20.5 Å². The smallest absolute Gasteiger partial charge is 0.407 e. The van der Waals surface area contributed by atoms with Crippen molar-refractivity contribution >= 4 is 18.0 Å². The number of nitrogens with one attached hydrogen (secondary N) is 2. The summed E-state index contributed by atoms with van der Waals surface area (Å²) in [5.74, 6) is -1.63. The van der Waals surface area contributed by atoms with Crippen molar-refractivity contribution in [1.29, 1.82) is 0 Å². The molecular formula is C27H32N2O5. The molecule has 1 unspecified atom stereocenters. The Hall–Kier alpha value is -3.35. The monoisotopic (exact) mass is 464 g/mol. The molecular weight excluding hydrogens is 432 g/mol. The summed E-state index contributed by atoms with van der Waals surface area (Å²) < 4.78 is 5.59. The standard InChI is InChI=1S/C27H32N2O5/c1-16(2)14-23(24(30)29-27(3,25(31)32)17-12-13-17)28-26(33)34-15-22-20-10-6-4-8-18(20)19-9-5-7-11-21(19)22/h4-11,16-17,22-23H,12-15H2,1-3H3,(H,28,33)(H,29,30)(H,31,32)/t23-,27?/m1/s1. The van der Waals surface area contributed by atoms with Crippen LogP contribution in [0, 0.1) is 11.8 Å². The van der Waals surface area contributed by atoms with E-state index in [-0.39, 0.29) is 24.4 Å². The number of amides is 2. The highest BCUT2D eigenvalue weighted by atomic mass is 16.5. The van der Waals surface area contributed by atoms with E-state index < -0.39 is 29.6 Å². The molecule has 2 aromatic rings. The van der Waals surface area contributed by atoms with Crippen molar-refractivity contribution in [3.63, 3.8) is 0 Å². The minimum absolute atomic E-state index is 0.0827. The van der Waals surface area contributed by atoms with Gasteiger partial charge >= 0.3 is 12.1 Å². The van der Waals surface area contributed by atoms with Crippen LogP contribution in [0.15, 0.2) is 48.5 Å². The van der Waals surface area contributed by atoms with Gasteiger partial charge in [0.25, 0.3) is 0 Å². The fourth-order valence-corrected chi connectivity index (χ4v) is 4.82. The number of ether oxygens (including phenoxy) is 1. The van der Waals surface area contributed by atoms with Gasteiger partial charge in [-0.1, -0.05) is 62.4 Å². The number of hydrogen-bond donors (Lipinski definition) is 3. The maximum atomic E-state index is 13.0. The molecule has 0 aliphatic heterocycles. The summed E-state index contributed by atoms with van der Waals surface area (Å²) in [4.78, 5) is 37.6. The number of fused-ring (bicyclic) bond motifs is 3. The largest absolute Gasteiger partial charge is 0.480 e. The summed E-state index contributed by atoms with van der Waals surface area (Å²) in [6.45, 7) is 5.56. The Balaban J connectivity index is 1.43. The van der Waals surface area contributed by atoms with Crippen LogP contribution >= 0.6 is 0 Å². The topological polar surface area (TPSA) is 105 Å². The van der Waals surface area contributed by atoms with Crippen molar-refractivity contribution in [2.75, 3.05) is 6.61 Å². The van der Waals surface area contributed by atoms with Gasteiger partial charge in [-0.15, -0.1) is 0 Å². The lowest BCUT2D eigenvalue weighted by molar-refractivity contribution is -0.148. The van der Waals surface area contributed by atoms with E-state index in [9.17, 15) is 19.5 Å². The van der Waals surface area contributed by atoms with Crippen molar-refractivity contribution in [1.82, 2.24) is 10.6 Å². The second-order valence-electron chi connectivity index (χ2n) is 9.92. The number of rotatable bonds is 9. The average molecular weight is 465 g/mol. The fourth-order valence-electron chi connectivity index (χ4n) is 4.82. The van der Waals surface area contributed by atoms with E-state index in [2.05, 4.69) is 22.8 Å². The molecule has 0 spiro atoms. The van der Waals surface area contributed by atoms with Crippen LogP contribution in [-0.2, 0) is 14.3 Å². The van der Waals surface area contributed by atoms with Crippen molar-refractivity contribution in [2.45, 2.75) is 57.5 Å². The Kier molecular flexibility index (Phi) is 6.64. The van der Waals surface area contributed by atoms with Crippen molar-refractivity contribution in [3.05, 3.63) is 59.7 Å². The van der Waals surface area contributed by atoms with E-state index in [1.54, 1.807) is 0 Å². The first-order valence-corrected chi connectivity index (χ1v) is 11.9. The molecule has 1 fully saturated rings. The van der Waals surface area contributed by atoms with Crippen molar-refractivity contribution in [2.24, 2.45) is 11.8 Å². The lowest BCUT2D eigenvalue weighted by Gasteiger charge is -2.29. The summed E-state index contributed by atoms with van der Waals surface area (Å²) >= 11 is 0. The Bertz CT molecular complexity index is 1050. The zero-order chi connectivity index (χ0) is 24.5. The van der Waals surface area contributed by atoms with E-state index in [1.165, 1.54) is 6.92 Å². The highest BCUT2D eigenvalue weighted by molar-refractivity contribution is 5.91. The van der Waals surface area contributed by atoms with Gasteiger partial charge in [0, 0.05) is 5.92 Å². The second-order valence-corrected chi connectivity index (χ2v) is 9.92. The third-order valence-corrected chi connectivity index (χ3v) is 6.88. The van der Waals surface area contributed by atoms with Crippen LogP contribution in [0.3, 0.4) is 0 Å². The predicted molar refractivity (Wildman–Crippen MR) is 128 cm³/mol. The molecule has 4 rings (SSSR count). The number of carbonyl (C=O) groups excluding carboxylic acids is 2. The maximum absolute atomic E-state index is 13.0. The Morgan fingerprint density at radius 1 is 1.03 bits per heavy atom. The van der Waals surface area contributed by atoms with Crippen LogP contribution in [0.5, 0.6) is 0 Å². The van der Waals surface area contributed by atoms with Crippen LogP contribution in [-0.4, -0.2) is 41.3 Å². The molecule has 0 bridgehead atoms. The highest BCUT2D eigenvalue weighted by Gasteiger charge is 2.49. The Morgan fingerprint density at radius 2 is 1.59 bits per heavy atom. The van der Waals surface area contributed by atoms with Gasteiger partial charge in [-0.25, -0.2) is 9.59 Å². The molecule has 2 aromatic carbocycles. The minimum Gasteiger partial charge on any atom is -0.480 e. The molecule has 0 saturated heterocycles. The molecule has 2 aliphatic carbocycles. The highest BCUT2D eigenvalue weighted by Crippen LogP contribution is 2.44. The molecule has 7 nitrogen and oxygen atoms in total. The predicted octanol–water partition coefficient (Wildman–Crippen LogP) is 4.31. The first kappa shape index (κ1) is 23.8. The molecule has 2 amide bonds. The summed E-state index contributed by atoms with van der Waals surface area (Å²) in [5, 5.41) is 15.0. The first-order valence-electron chi connectivity index (χ1n) is 11.9. The number of hydrogen-bond acceptors (Lipinski definition) is 4. The lowest BCUT2D eigenvalue weighted by Crippen LogP contribution is -2.59. The molecule has 2 aliphatic rings. The summed E-state index contributed by atoms with van der Waals surface area (Å²) in [7, 11) is 0. The van der Waals surface area contributed by atoms with E-state index in [1.807, 2.05) is 50.2 Å².